The third-order valence-electron chi connectivity index (χ3n) is 4.45. The van der Waals surface area contributed by atoms with Gasteiger partial charge in [0.05, 0.1) is 7.11 Å². The van der Waals surface area contributed by atoms with Crippen molar-refractivity contribution in [1.82, 2.24) is 4.90 Å². The first-order valence-corrected chi connectivity index (χ1v) is 8.39. The zero-order valence-electron chi connectivity index (χ0n) is 14.6. The Hall–Kier alpha value is -2.89. The largest absolute Gasteiger partial charge is 0.481 e. The highest BCUT2D eigenvalue weighted by Gasteiger charge is 2.38. The van der Waals surface area contributed by atoms with E-state index in [-0.39, 0.29) is 11.7 Å². The average Bonchev–Trinajstić information content (AvgIpc) is 2.65. The third-order valence-corrected chi connectivity index (χ3v) is 4.45. The zero-order valence-corrected chi connectivity index (χ0v) is 14.6. The Bertz CT molecular complexity index is 823. The van der Waals surface area contributed by atoms with E-state index in [4.69, 9.17) is 9.47 Å². The lowest BCUT2D eigenvalue weighted by Crippen LogP contribution is -2.48. The predicted molar refractivity (Wildman–Crippen MR) is 93.1 cm³/mol. The molecule has 0 aliphatic carbocycles. The highest BCUT2D eigenvalue weighted by molar-refractivity contribution is 5.88. The molecule has 0 radical (unpaired) electrons. The smallest absolute Gasteiger partial charge is 0.333 e. The van der Waals surface area contributed by atoms with Crippen LogP contribution in [0.2, 0.25) is 0 Å². The number of benzene rings is 2. The van der Waals surface area contributed by atoms with E-state index in [0.29, 0.717) is 13.0 Å². The normalized spacial score (nSPS) is 17.2. The van der Waals surface area contributed by atoms with Crippen LogP contribution in [0.4, 0.5) is 4.39 Å². The number of methoxy groups -OCH3 is 1. The van der Waals surface area contributed by atoms with E-state index in [9.17, 15) is 14.0 Å². The zero-order chi connectivity index (χ0) is 18.7. The summed E-state index contributed by atoms with van der Waals surface area (Å²) in [5.74, 6) is -1.03. The Morgan fingerprint density at radius 3 is 2.69 bits per heavy atom. The molecule has 0 saturated heterocycles. The molecule has 0 spiro atoms. The summed E-state index contributed by atoms with van der Waals surface area (Å²) in [6, 6.07) is 12.3. The number of hydrogen-bond acceptors (Lipinski definition) is 4. The fourth-order valence-electron chi connectivity index (χ4n) is 3.20. The van der Waals surface area contributed by atoms with Crippen molar-refractivity contribution in [1.29, 1.82) is 0 Å². The number of amides is 1. The van der Waals surface area contributed by atoms with Gasteiger partial charge in [-0.3, -0.25) is 4.79 Å². The fourth-order valence-corrected chi connectivity index (χ4v) is 3.20. The average molecular weight is 357 g/mol. The molecular formula is C20H20FNO4. The molecule has 1 heterocycles. The number of hydrogen-bond donors (Lipinski definition) is 0. The Morgan fingerprint density at radius 1 is 1.19 bits per heavy atom. The number of ether oxygens (including phenoxy) is 2. The summed E-state index contributed by atoms with van der Waals surface area (Å²) in [4.78, 5) is 26.8. The second kappa shape index (κ2) is 7.56. The van der Waals surface area contributed by atoms with Gasteiger partial charge in [0.15, 0.2) is 12.1 Å². The Balaban J connectivity index is 1.84. The second-order valence-electron chi connectivity index (χ2n) is 6.12. The van der Waals surface area contributed by atoms with Gasteiger partial charge in [0.2, 0.25) is 0 Å². The first kappa shape index (κ1) is 17.9. The van der Waals surface area contributed by atoms with Crippen LogP contribution in [0.5, 0.6) is 5.75 Å². The van der Waals surface area contributed by atoms with E-state index in [1.165, 1.54) is 30.2 Å². The van der Waals surface area contributed by atoms with Gasteiger partial charge in [-0.05, 0) is 36.6 Å². The molecule has 2 aromatic carbocycles. The van der Waals surface area contributed by atoms with Crippen molar-refractivity contribution in [3.05, 3.63) is 65.5 Å². The first-order valence-electron chi connectivity index (χ1n) is 8.39. The summed E-state index contributed by atoms with van der Waals surface area (Å²) in [5, 5.41) is 0. The van der Waals surface area contributed by atoms with Crippen molar-refractivity contribution in [2.24, 2.45) is 0 Å². The lowest BCUT2D eigenvalue weighted by Gasteiger charge is -2.36. The summed E-state index contributed by atoms with van der Waals surface area (Å²) < 4.78 is 23.8. The van der Waals surface area contributed by atoms with Gasteiger partial charge in [-0.15, -0.1) is 0 Å². The van der Waals surface area contributed by atoms with Gasteiger partial charge < -0.3 is 14.4 Å². The number of carbonyl (C=O) groups is 2. The predicted octanol–water partition coefficient (Wildman–Crippen LogP) is 2.89. The number of esters is 1. The van der Waals surface area contributed by atoms with Gasteiger partial charge in [-0.2, -0.15) is 0 Å². The summed E-state index contributed by atoms with van der Waals surface area (Å²) in [7, 11) is 1.30. The van der Waals surface area contributed by atoms with Gasteiger partial charge in [-0.25, -0.2) is 9.18 Å². The van der Waals surface area contributed by atoms with E-state index >= 15 is 0 Å². The molecular weight excluding hydrogens is 337 g/mol. The number of carbonyl (C=O) groups excluding carboxylic acids is 2. The summed E-state index contributed by atoms with van der Waals surface area (Å²) in [6.45, 7) is 1.97. The van der Waals surface area contributed by atoms with Crippen molar-refractivity contribution in [3.8, 4) is 5.75 Å². The molecule has 5 nitrogen and oxygen atoms in total. The van der Waals surface area contributed by atoms with Crippen molar-refractivity contribution < 1.29 is 23.5 Å². The van der Waals surface area contributed by atoms with E-state index in [2.05, 4.69) is 0 Å². The summed E-state index contributed by atoms with van der Waals surface area (Å²) in [6.07, 6.45) is -0.225. The summed E-state index contributed by atoms with van der Waals surface area (Å²) >= 11 is 0. The first-order chi connectivity index (χ1) is 12.5. The minimum Gasteiger partial charge on any atom is -0.481 e. The molecule has 26 heavy (non-hydrogen) atoms. The van der Waals surface area contributed by atoms with Gasteiger partial charge in [0.1, 0.15) is 11.6 Å². The van der Waals surface area contributed by atoms with Crippen LogP contribution < -0.4 is 4.74 Å². The van der Waals surface area contributed by atoms with Crippen LogP contribution in [0.1, 0.15) is 24.1 Å². The van der Waals surface area contributed by atoms with Crippen molar-refractivity contribution in [3.63, 3.8) is 0 Å². The molecule has 3 rings (SSSR count). The molecule has 0 aromatic heterocycles. The molecule has 0 unspecified atom stereocenters. The molecule has 2 aromatic rings. The Labute approximate surface area is 151 Å². The van der Waals surface area contributed by atoms with E-state index in [1.54, 1.807) is 13.0 Å². The molecule has 0 saturated carbocycles. The lowest BCUT2D eigenvalue weighted by atomic mass is 9.92. The number of nitrogens with zero attached hydrogens (tertiary/aromatic N) is 1. The fraction of sp³-hybridized carbons (Fsp3) is 0.300. The standard InChI is InChI=1S/C20H20FNO4/c1-13(26-16-8-5-7-15(21)12-16)19(23)22-11-10-14-6-3-4-9-17(14)18(22)20(24)25-2/h3-9,12-13,18H,10-11H2,1-2H3/t13-,18-/m1/s1. The molecule has 0 fully saturated rings. The molecule has 6 heteroatoms. The molecule has 0 bridgehead atoms. The highest BCUT2D eigenvalue weighted by Crippen LogP contribution is 2.31. The van der Waals surface area contributed by atoms with Gasteiger partial charge >= 0.3 is 5.97 Å². The maximum atomic E-state index is 13.3. The summed E-state index contributed by atoms with van der Waals surface area (Å²) in [5.41, 5.74) is 1.78. The molecule has 1 aliphatic heterocycles. The highest BCUT2D eigenvalue weighted by atomic mass is 19.1. The SMILES string of the molecule is COC(=O)[C@H]1c2ccccc2CCN1C(=O)[C@@H](C)Oc1cccc(F)c1. The monoisotopic (exact) mass is 357 g/mol. The minimum atomic E-state index is -0.866. The Morgan fingerprint density at radius 2 is 1.96 bits per heavy atom. The quantitative estimate of drug-likeness (QED) is 0.790. The minimum absolute atomic E-state index is 0.262. The van der Waals surface area contributed by atoms with E-state index < -0.39 is 23.9 Å². The van der Waals surface area contributed by atoms with Crippen LogP contribution in [-0.2, 0) is 20.7 Å². The van der Waals surface area contributed by atoms with Crippen LogP contribution in [0, 0.1) is 5.82 Å². The van der Waals surface area contributed by atoms with E-state index in [0.717, 1.165) is 11.1 Å². The van der Waals surface area contributed by atoms with Crippen LogP contribution in [0.25, 0.3) is 0 Å². The molecule has 1 amide bonds. The number of rotatable bonds is 4. The van der Waals surface area contributed by atoms with Crippen LogP contribution in [0.15, 0.2) is 48.5 Å². The van der Waals surface area contributed by atoms with Crippen molar-refractivity contribution >= 4 is 11.9 Å². The van der Waals surface area contributed by atoms with Gasteiger partial charge in [0.25, 0.3) is 5.91 Å². The Kier molecular flexibility index (Phi) is 5.21. The second-order valence-corrected chi connectivity index (χ2v) is 6.12. The van der Waals surface area contributed by atoms with Gasteiger partial charge in [-0.1, -0.05) is 30.3 Å². The maximum Gasteiger partial charge on any atom is 0.333 e. The van der Waals surface area contributed by atoms with Crippen LogP contribution in [0.3, 0.4) is 0 Å². The maximum absolute atomic E-state index is 13.3. The molecule has 2 atom stereocenters. The van der Waals surface area contributed by atoms with Gasteiger partial charge in [0, 0.05) is 12.6 Å². The molecule has 1 aliphatic rings. The topological polar surface area (TPSA) is 55.8 Å². The number of fused-ring (bicyclic) bond motifs is 1. The third kappa shape index (κ3) is 3.54. The van der Waals surface area contributed by atoms with Crippen molar-refractivity contribution in [2.75, 3.05) is 13.7 Å². The molecule has 0 N–H and O–H groups in total. The lowest BCUT2D eigenvalue weighted by molar-refractivity contribution is -0.156. The van der Waals surface area contributed by atoms with E-state index in [1.807, 2.05) is 24.3 Å². The molecule has 136 valence electrons. The van der Waals surface area contributed by atoms with Crippen LogP contribution >= 0.6 is 0 Å². The van der Waals surface area contributed by atoms with Crippen LogP contribution in [-0.4, -0.2) is 36.5 Å². The van der Waals surface area contributed by atoms with Crippen molar-refractivity contribution in [2.45, 2.75) is 25.5 Å². The number of halogens is 1.